The van der Waals surface area contributed by atoms with Crippen LogP contribution in [0.3, 0.4) is 0 Å². The highest BCUT2D eigenvalue weighted by Crippen LogP contribution is 2.32. The molecule has 3 rings (SSSR count). The minimum Gasteiger partial charge on any atom is -0.440 e. The first kappa shape index (κ1) is 15.8. The van der Waals surface area contributed by atoms with E-state index in [1.165, 1.54) is 10.4 Å². The lowest BCUT2D eigenvalue weighted by Gasteiger charge is -2.38. The molecular formula is C16H25N3O2S. The number of amides is 1. The molecule has 1 amide bonds. The fourth-order valence-electron chi connectivity index (χ4n) is 3.51. The van der Waals surface area contributed by atoms with Gasteiger partial charge in [-0.25, -0.2) is 4.79 Å². The van der Waals surface area contributed by atoms with Gasteiger partial charge in [-0.3, -0.25) is 4.90 Å². The number of hydrogen-bond acceptors (Lipinski definition) is 5. The highest BCUT2D eigenvalue weighted by molar-refractivity contribution is 7.10. The van der Waals surface area contributed by atoms with E-state index < -0.39 is 0 Å². The second-order valence-electron chi connectivity index (χ2n) is 6.88. The maximum absolute atomic E-state index is 11.7. The molecule has 1 aromatic rings. The van der Waals surface area contributed by atoms with Crippen molar-refractivity contribution in [2.24, 2.45) is 0 Å². The Bertz CT molecular complexity index is 545. The van der Waals surface area contributed by atoms with Crippen molar-refractivity contribution in [3.8, 4) is 0 Å². The van der Waals surface area contributed by atoms with E-state index in [4.69, 9.17) is 4.74 Å². The summed E-state index contributed by atoms with van der Waals surface area (Å²) < 4.78 is 5.67. The van der Waals surface area contributed by atoms with Gasteiger partial charge in [0.15, 0.2) is 0 Å². The van der Waals surface area contributed by atoms with Crippen LogP contribution in [0.25, 0.3) is 0 Å². The Labute approximate surface area is 136 Å². The highest BCUT2D eigenvalue weighted by Gasteiger charge is 2.46. The molecule has 122 valence electrons. The molecule has 0 unspecified atom stereocenters. The Kier molecular flexibility index (Phi) is 4.43. The number of hydrogen-bond donors (Lipinski definition) is 0. The lowest BCUT2D eigenvalue weighted by molar-refractivity contribution is -0.0110. The zero-order valence-corrected chi connectivity index (χ0v) is 14.5. The third-order valence-electron chi connectivity index (χ3n) is 4.35. The summed E-state index contributed by atoms with van der Waals surface area (Å²) in [5.41, 5.74) is 1.09. The molecule has 1 atom stereocenters. The van der Waals surface area contributed by atoms with E-state index in [1.807, 2.05) is 18.4 Å². The molecule has 5 nitrogen and oxygen atoms in total. The van der Waals surface area contributed by atoms with E-state index in [9.17, 15) is 4.79 Å². The molecule has 0 radical (unpaired) electrons. The van der Waals surface area contributed by atoms with Gasteiger partial charge in [-0.2, -0.15) is 0 Å². The van der Waals surface area contributed by atoms with Crippen LogP contribution in [0.5, 0.6) is 0 Å². The van der Waals surface area contributed by atoms with E-state index in [0.717, 1.165) is 45.6 Å². The SMILES string of the molecule is CN(C)Cc1csc(CN2CCC[C@@]3(C2)CN(C)C(=O)O3)c1. The van der Waals surface area contributed by atoms with Crippen LogP contribution in [0.1, 0.15) is 23.3 Å². The van der Waals surface area contributed by atoms with Crippen molar-refractivity contribution in [1.29, 1.82) is 0 Å². The molecule has 2 aliphatic rings. The van der Waals surface area contributed by atoms with Gasteiger partial charge < -0.3 is 14.5 Å². The molecule has 0 saturated carbocycles. The van der Waals surface area contributed by atoms with Gasteiger partial charge in [0.25, 0.3) is 0 Å². The fourth-order valence-corrected chi connectivity index (χ4v) is 4.43. The van der Waals surface area contributed by atoms with E-state index in [2.05, 4.69) is 35.3 Å². The van der Waals surface area contributed by atoms with Crippen LogP contribution in [0.4, 0.5) is 4.79 Å². The molecule has 2 fully saturated rings. The van der Waals surface area contributed by atoms with Gasteiger partial charge in [-0.15, -0.1) is 11.3 Å². The van der Waals surface area contributed by atoms with Crippen molar-refractivity contribution in [1.82, 2.24) is 14.7 Å². The second-order valence-corrected chi connectivity index (χ2v) is 7.88. The Morgan fingerprint density at radius 3 is 2.91 bits per heavy atom. The summed E-state index contributed by atoms with van der Waals surface area (Å²) in [4.78, 5) is 19.4. The molecule has 0 aromatic carbocycles. The summed E-state index contributed by atoms with van der Waals surface area (Å²) >= 11 is 1.83. The van der Waals surface area contributed by atoms with Crippen LogP contribution in [-0.4, -0.2) is 67.2 Å². The van der Waals surface area contributed by atoms with Crippen molar-refractivity contribution in [2.45, 2.75) is 31.5 Å². The summed E-state index contributed by atoms with van der Waals surface area (Å²) in [6, 6.07) is 2.30. The van der Waals surface area contributed by atoms with Gasteiger partial charge in [0.05, 0.1) is 6.54 Å². The van der Waals surface area contributed by atoms with Crippen LogP contribution in [0, 0.1) is 0 Å². The topological polar surface area (TPSA) is 36.0 Å². The summed E-state index contributed by atoms with van der Waals surface area (Å²) in [6.45, 7) is 4.61. The first-order valence-electron chi connectivity index (χ1n) is 7.83. The number of ether oxygens (including phenoxy) is 1. The normalized spacial score (nSPS) is 26.2. The smallest absolute Gasteiger partial charge is 0.410 e. The lowest BCUT2D eigenvalue weighted by atomic mass is 9.93. The van der Waals surface area contributed by atoms with Crippen molar-refractivity contribution in [3.63, 3.8) is 0 Å². The molecule has 1 spiro atoms. The molecule has 2 saturated heterocycles. The predicted molar refractivity (Wildman–Crippen MR) is 88.1 cm³/mol. The van der Waals surface area contributed by atoms with E-state index >= 15 is 0 Å². The monoisotopic (exact) mass is 323 g/mol. The molecule has 3 heterocycles. The molecule has 1 aromatic heterocycles. The first-order chi connectivity index (χ1) is 10.5. The number of likely N-dealkylation sites (tertiary alicyclic amines) is 1. The molecular weight excluding hydrogens is 298 g/mol. The number of likely N-dealkylation sites (N-methyl/N-ethyl adjacent to an activating group) is 1. The number of rotatable bonds is 4. The Morgan fingerprint density at radius 2 is 2.23 bits per heavy atom. The standard InChI is InChI=1S/C16H25N3O2S/c1-17(2)8-13-7-14(22-10-13)9-19-6-4-5-16(12-19)11-18(3)15(20)21-16/h7,10H,4-6,8-9,11-12H2,1-3H3/t16-/m0/s1. The molecule has 22 heavy (non-hydrogen) atoms. The van der Waals surface area contributed by atoms with E-state index in [-0.39, 0.29) is 11.7 Å². The van der Waals surface area contributed by atoms with Gasteiger partial charge in [0.1, 0.15) is 5.60 Å². The van der Waals surface area contributed by atoms with E-state index in [0.29, 0.717) is 0 Å². The molecule has 0 bridgehead atoms. The van der Waals surface area contributed by atoms with Gasteiger partial charge in [-0.05, 0) is 50.5 Å². The van der Waals surface area contributed by atoms with Gasteiger partial charge in [0.2, 0.25) is 0 Å². The number of carbonyl (C=O) groups is 1. The Balaban J connectivity index is 1.61. The number of carbonyl (C=O) groups excluding carboxylic acids is 1. The summed E-state index contributed by atoms with van der Waals surface area (Å²) in [6.07, 6.45) is 1.90. The van der Waals surface area contributed by atoms with Gasteiger partial charge in [0, 0.05) is 31.6 Å². The Hall–Kier alpha value is -1.11. The third-order valence-corrected chi connectivity index (χ3v) is 5.32. The molecule has 6 heteroatoms. The van der Waals surface area contributed by atoms with Crippen molar-refractivity contribution < 1.29 is 9.53 Å². The average molecular weight is 323 g/mol. The maximum Gasteiger partial charge on any atom is 0.410 e. The third kappa shape index (κ3) is 3.45. The molecule has 0 aliphatic carbocycles. The largest absolute Gasteiger partial charge is 0.440 e. The summed E-state index contributed by atoms with van der Waals surface area (Å²) in [5.74, 6) is 0. The minimum atomic E-state index is -0.284. The second kappa shape index (κ2) is 6.18. The number of nitrogens with zero attached hydrogens (tertiary/aromatic N) is 3. The summed E-state index contributed by atoms with van der Waals surface area (Å²) in [5, 5.41) is 2.25. The molecule has 0 N–H and O–H groups in total. The number of piperidine rings is 1. The maximum atomic E-state index is 11.7. The zero-order valence-electron chi connectivity index (χ0n) is 13.7. The molecule has 2 aliphatic heterocycles. The van der Waals surface area contributed by atoms with Gasteiger partial charge >= 0.3 is 6.09 Å². The first-order valence-corrected chi connectivity index (χ1v) is 8.71. The van der Waals surface area contributed by atoms with Crippen LogP contribution < -0.4 is 0 Å². The average Bonchev–Trinajstić information content (AvgIpc) is 2.95. The van der Waals surface area contributed by atoms with E-state index in [1.54, 1.807) is 4.90 Å². The zero-order chi connectivity index (χ0) is 15.7. The summed E-state index contributed by atoms with van der Waals surface area (Å²) in [7, 11) is 6.01. The fraction of sp³-hybridized carbons (Fsp3) is 0.688. The van der Waals surface area contributed by atoms with Crippen molar-refractivity contribution in [2.75, 3.05) is 40.8 Å². The van der Waals surface area contributed by atoms with Crippen LogP contribution in [-0.2, 0) is 17.8 Å². The van der Waals surface area contributed by atoms with Crippen molar-refractivity contribution in [3.05, 3.63) is 21.9 Å². The minimum absolute atomic E-state index is 0.175. The van der Waals surface area contributed by atoms with Gasteiger partial charge in [-0.1, -0.05) is 0 Å². The quantitative estimate of drug-likeness (QED) is 0.851. The predicted octanol–water partition coefficient (Wildman–Crippen LogP) is 2.23. The Morgan fingerprint density at radius 1 is 1.41 bits per heavy atom. The van der Waals surface area contributed by atoms with Crippen LogP contribution in [0.2, 0.25) is 0 Å². The number of thiophene rings is 1. The van der Waals surface area contributed by atoms with Crippen molar-refractivity contribution >= 4 is 17.4 Å². The lowest BCUT2D eigenvalue weighted by Crippen LogP contribution is -2.50. The highest BCUT2D eigenvalue weighted by atomic mass is 32.1. The van der Waals surface area contributed by atoms with Crippen LogP contribution in [0.15, 0.2) is 11.4 Å². The van der Waals surface area contributed by atoms with Crippen LogP contribution >= 0.6 is 11.3 Å².